The molecular formula is C10H13NaO4. The van der Waals surface area contributed by atoms with E-state index < -0.39 is 5.97 Å². The smallest absolute Gasteiger partial charge is 0.545 e. The Bertz CT molecular complexity index is 244. The maximum absolute atomic E-state index is 10.3. The zero-order chi connectivity index (χ0) is 11.6. The molecule has 0 aliphatic rings. The molecule has 0 aliphatic carbocycles. The molecule has 0 N–H and O–H groups in total. The van der Waals surface area contributed by atoms with Crippen molar-refractivity contribution in [3.8, 4) is 0 Å². The molecule has 0 fully saturated rings. The summed E-state index contributed by atoms with van der Waals surface area (Å²) in [4.78, 5) is 19.8. The minimum atomic E-state index is -1.19. The molecule has 0 aliphatic heterocycles. The number of carbonyl (C=O) groups excluding carboxylic acids is 2. The first kappa shape index (κ1) is 19.7. The van der Waals surface area contributed by atoms with Gasteiger partial charge in [0.15, 0.2) is 0 Å². The van der Waals surface area contributed by atoms with Crippen LogP contribution >= 0.6 is 0 Å². The van der Waals surface area contributed by atoms with E-state index in [1.54, 1.807) is 13.0 Å². The van der Waals surface area contributed by atoms with Crippen LogP contribution in [-0.4, -0.2) is 11.9 Å². The maximum atomic E-state index is 10.3. The Kier molecular flexibility index (Phi) is 17.3. The van der Waals surface area contributed by atoms with E-state index in [0.717, 1.165) is 6.26 Å². The molecule has 0 aromatic carbocycles. The average Bonchev–Trinajstić information content (AvgIpc) is 2.06. The molecule has 0 unspecified atom stereocenters. The summed E-state index contributed by atoms with van der Waals surface area (Å²) < 4.78 is 4.32. The Labute approximate surface area is 112 Å². The number of allylic oxidation sites excluding steroid dienone is 1. The second kappa shape index (κ2) is 13.2. The monoisotopic (exact) mass is 220 g/mol. The van der Waals surface area contributed by atoms with E-state index in [1.165, 1.54) is 13.0 Å². The number of aliphatic carboxylic acids is 1. The summed E-state index contributed by atoms with van der Waals surface area (Å²) >= 11 is 0. The first-order chi connectivity index (χ1) is 6.45. The van der Waals surface area contributed by atoms with Crippen LogP contribution in [0.2, 0.25) is 0 Å². The van der Waals surface area contributed by atoms with Gasteiger partial charge in [-0.3, -0.25) is 0 Å². The van der Waals surface area contributed by atoms with Gasteiger partial charge in [-0.05, 0) is 19.4 Å². The molecule has 0 rings (SSSR count). The molecule has 0 saturated carbocycles. The summed E-state index contributed by atoms with van der Waals surface area (Å²) in [6.07, 6.45) is 4.02. The minimum absolute atomic E-state index is 0. The third-order valence-electron chi connectivity index (χ3n) is 0.851. The molecule has 0 atom stereocenters. The predicted molar refractivity (Wildman–Crippen MR) is 50.9 cm³/mol. The Hall–Kier alpha value is -0.840. The number of hydrogen-bond donors (Lipinski definition) is 0. The standard InChI is InChI=1S/C6H8O2.C4H6O2.Na/c1-3-5-6(7)8-4-2;1-3(2)4(5)6;/h3-5H,2H2,1H3;1H2,2H3,(H,5,6);/q;;+1/p-1/b5-3+;;. The van der Waals surface area contributed by atoms with Gasteiger partial charge in [0.25, 0.3) is 0 Å². The molecule has 0 spiro atoms. The minimum Gasteiger partial charge on any atom is -0.545 e. The normalized spacial score (nSPS) is 7.87. The van der Waals surface area contributed by atoms with E-state index in [4.69, 9.17) is 0 Å². The Balaban J connectivity index is -0.000000187. The topological polar surface area (TPSA) is 66.4 Å². The Morgan fingerprint density at radius 3 is 2.00 bits per heavy atom. The Morgan fingerprint density at radius 2 is 1.80 bits per heavy atom. The van der Waals surface area contributed by atoms with Gasteiger partial charge in [0.1, 0.15) is 0 Å². The molecule has 0 amide bonds. The maximum Gasteiger partial charge on any atom is 1.00 e. The summed E-state index contributed by atoms with van der Waals surface area (Å²) in [5, 5.41) is 9.49. The van der Waals surface area contributed by atoms with E-state index in [2.05, 4.69) is 17.9 Å². The average molecular weight is 220 g/mol. The molecule has 4 nitrogen and oxygen atoms in total. The quantitative estimate of drug-likeness (QED) is 0.229. The summed E-state index contributed by atoms with van der Waals surface area (Å²) in [6, 6.07) is 0. The number of hydrogen-bond acceptors (Lipinski definition) is 4. The van der Waals surface area contributed by atoms with Gasteiger partial charge >= 0.3 is 35.5 Å². The van der Waals surface area contributed by atoms with E-state index in [1.807, 2.05) is 0 Å². The molecule has 78 valence electrons. The van der Waals surface area contributed by atoms with Crippen LogP contribution in [-0.2, 0) is 14.3 Å². The number of ether oxygens (including phenoxy) is 1. The van der Waals surface area contributed by atoms with Crippen LogP contribution in [0.5, 0.6) is 0 Å². The van der Waals surface area contributed by atoms with Crippen molar-refractivity contribution < 1.29 is 49.0 Å². The zero-order valence-corrected chi connectivity index (χ0v) is 11.3. The third kappa shape index (κ3) is 19.5. The molecule has 5 heteroatoms. The van der Waals surface area contributed by atoms with Crippen molar-refractivity contribution in [2.45, 2.75) is 13.8 Å². The number of esters is 1. The van der Waals surface area contributed by atoms with Crippen molar-refractivity contribution in [1.29, 1.82) is 0 Å². The molecular weight excluding hydrogens is 207 g/mol. The predicted octanol–water partition coefficient (Wildman–Crippen LogP) is -2.43. The molecule has 15 heavy (non-hydrogen) atoms. The molecule has 0 bridgehead atoms. The SMILES string of the molecule is C=C(C)C(=O)[O-].C=COC(=O)/C=C/C.[Na+]. The molecule has 0 radical (unpaired) electrons. The van der Waals surface area contributed by atoms with Crippen LogP contribution in [0.4, 0.5) is 0 Å². The number of carbonyl (C=O) groups is 2. The Morgan fingerprint density at radius 1 is 1.40 bits per heavy atom. The molecule has 0 saturated heterocycles. The van der Waals surface area contributed by atoms with E-state index in [0.29, 0.717) is 0 Å². The van der Waals surface area contributed by atoms with Crippen molar-refractivity contribution in [1.82, 2.24) is 0 Å². The van der Waals surface area contributed by atoms with Gasteiger partial charge in [-0.15, -0.1) is 0 Å². The van der Waals surface area contributed by atoms with E-state index in [9.17, 15) is 14.7 Å². The van der Waals surface area contributed by atoms with Gasteiger partial charge in [-0.2, -0.15) is 0 Å². The van der Waals surface area contributed by atoms with Crippen LogP contribution < -0.4 is 34.7 Å². The second-order valence-corrected chi connectivity index (χ2v) is 2.17. The largest absolute Gasteiger partial charge is 1.00 e. The van der Waals surface area contributed by atoms with Crippen LogP contribution in [0.15, 0.2) is 37.1 Å². The first-order valence-electron chi connectivity index (χ1n) is 3.76. The molecule has 0 aromatic heterocycles. The van der Waals surface area contributed by atoms with Gasteiger partial charge < -0.3 is 14.6 Å². The van der Waals surface area contributed by atoms with Crippen molar-refractivity contribution in [2.75, 3.05) is 0 Å². The van der Waals surface area contributed by atoms with Gasteiger partial charge in [-0.1, -0.05) is 19.2 Å². The van der Waals surface area contributed by atoms with Crippen LogP contribution in [0.1, 0.15) is 13.8 Å². The van der Waals surface area contributed by atoms with Crippen molar-refractivity contribution in [3.63, 3.8) is 0 Å². The van der Waals surface area contributed by atoms with Crippen LogP contribution in [0.3, 0.4) is 0 Å². The summed E-state index contributed by atoms with van der Waals surface area (Å²) in [7, 11) is 0. The summed E-state index contributed by atoms with van der Waals surface area (Å²) in [5.41, 5.74) is 0.0648. The first-order valence-corrected chi connectivity index (χ1v) is 3.76. The van der Waals surface area contributed by atoms with E-state index in [-0.39, 0.29) is 41.1 Å². The van der Waals surface area contributed by atoms with E-state index >= 15 is 0 Å². The zero-order valence-electron chi connectivity index (χ0n) is 9.28. The summed E-state index contributed by atoms with van der Waals surface area (Å²) in [6.45, 7) is 9.42. The van der Waals surface area contributed by atoms with Gasteiger partial charge in [0, 0.05) is 6.08 Å². The number of carboxylic acids is 1. The summed E-state index contributed by atoms with van der Waals surface area (Å²) in [5.74, 6) is -1.57. The third-order valence-corrected chi connectivity index (χ3v) is 0.851. The molecule has 0 heterocycles. The molecule has 0 aromatic rings. The van der Waals surface area contributed by atoms with Crippen molar-refractivity contribution in [2.24, 2.45) is 0 Å². The van der Waals surface area contributed by atoms with Gasteiger partial charge in [-0.25, -0.2) is 4.79 Å². The number of rotatable bonds is 3. The van der Waals surface area contributed by atoms with Crippen LogP contribution in [0, 0.1) is 0 Å². The van der Waals surface area contributed by atoms with Crippen molar-refractivity contribution >= 4 is 11.9 Å². The fraction of sp³-hybridized carbons (Fsp3) is 0.200. The van der Waals surface area contributed by atoms with Gasteiger partial charge in [0.2, 0.25) is 0 Å². The van der Waals surface area contributed by atoms with Crippen molar-refractivity contribution in [3.05, 3.63) is 37.1 Å². The van der Waals surface area contributed by atoms with Gasteiger partial charge in [0.05, 0.1) is 12.2 Å². The number of carboxylic acid groups (broad SMARTS) is 1. The fourth-order valence-corrected chi connectivity index (χ4v) is 0.257. The second-order valence-electron chi connectivity index (χ2n) is 2.17. The fourth-order valence-electron chi connectivity index (χ4n) is 0.257. The van der Waals surface area contributed by atoms with Crippen LogP contribution in [0.25, 0.3) is 0 Å².